The summed E-state index contributed by atoms with van der Waals surface area (Å²) in [4.78, 5) is 17.8. The number of aliphatic imine (C=N–C) groups is 1. The quantitative estimate of drug-likeness (QED) is 0.305. The van der Waals surface area contributed by atoms with Gasteiger partial charge in [-0.2, -0.15) is 0 Å². The molecule has 1 heterocycles. The van der Waals surface area contributed by atoms with E-state index in [1.807, 2.05) is 0 Å². The number of nitrogens with zero attached hydrogens (tertiary/aromatic N) is 2. The molecule has 0 saturated carbocycles. The monoisotopic (exact) mass is 410 g/mol. The number of nitrogens with one attached hydrogen (secondary N) is 2. The molecule has 5 nitrogen and oxygen atoms in total. The van der Waals surface area contributed by atoms with E-state index in [1.165, 1.54) is 19.8 Å². The fourth-order valence-corrected chi connectivity index (χ4v) is 2.70. The molecule has 124 valence electrons. The lowest BCUT2D eigenvalue weighted by Gasteiger charge is -2.22. The van der Waals surface area contributed by atoms with Crippen LogP contribution in [0.2, 0.25) is 0 Å². The van der Waals surface area contributed by atoms with Crippen LogP contribution in [0.3, 0.4) is 0 Å². The van der Waals surface area contributed by atoms with Crippen molar-refractivity contribution in [2.45, 2.75) is 40.5 Å². The molecule has 0 spiro atoms. The maximum absolute atomic E-state index is 10.8. The Kier molecular flexibility index (Phi) is 10.8. The van der Waals surface area contributed by atoms with E-state index in [9.17, 15) is 4.79 Å². The second-order valence-electron chi connectivity index (χ2n) is 5.95. The third-order valence-corrected chi connectivity index (χ3v) is 3.47. The average Bonchev–Trinajstić information content (AvgIpc) is 2.80. The molecule has 1 saturated heterocycles. The molecular formula is C15H31IN4O. The first kappa shape index (κ1) is 20.5. The molecule has 1 aliphatic rings. The molecule has 1 aliphatic heterocycles. The minimum absolute atomic E-state index is 0. The van der Waals surface area contributed by atoms with Crippen LogP contribution in [0, 0.1) is 11.8 Å². The number of amides is 1. The smallest absolute Gasteiger partial charge is 0.216 e. The summed E-state index contributed by atoms with van der Waals surface area (Å²) in [6.07, 6.45) is 2.55. The minimum Gasteiger partial charge on any atom is -0.357 e. The highest BCUT2D eigenvalue weighted by molar-refractivity contribution is 14.0. The van der Waals surface area contributed by atoms with Crippen molar-refractivity contribution in [3.8, 4) is 0 Å². The van der Waals surface area contributed by atoms with Crippen molar-refractivity contribution in [1.82, 2.24) is 15.5 Å². The molecule has 1 atom stereocenters. The van der Waals surface area contributed by atoms with Crippen LogP contribution in [-0.2, 0) is 4.79 Å². The molecule has 21 heavy (non-hydrogen) atoms. The van der Waals surface area contributed by atoms with E-state index in [2.05, 4.69) is 41.3 Å². The Morgan fingerprint density at radius 3 is 2.67 bits per heavy atom. The number of hydrogen-bond donors (Lipinski definition) is 2. The topological polar surface area (TPSA) is 56.7 Å². The maximum atomic E-state index is 10.8. The van der Waals surface area contributed by atoms with E-state index in [4.69, 9.17) is 0 Å². The predicted molar refractivity (Wildman–Crippen MR) is 99.2 cm³/mol. The largest absolute Gasteiger partial charge is 0.357 e. The van der Waals surface area contributed by atoms with Crippen LogP contribution in [0.15, 0.2) is 4.99 Å². The molecule has 1 rings (SSSR count). The summed E-state index contributed by atoms with van der Waals surface area (Å²) < 4.78 is 0. The highest BCUT2D eigenvalue weighted by atomic mass is 127. The highest BCUT2D eigenvalue weighted by Crippen LogP contribution is 2.23. The number of carbonyl (C=O) groups excluding carboxylic acids is 1. The lowest BCUT2D eigenvalue weighted by Crippen LogP contribution is -2.40. The van der Waals surface area contributed by atoms with Gasteiger partial charge in [-0.1, -0.05) is 13.8 Å². The number of hydrogen-bond acceptors (Lipinski definition) is 2. The number of likely N-dealkylation sites (tertiary alicyclic amines) is 1. The second-order valence-corrected chi connectivity index (χ2v) is 5.95. The van der Waals surface area contributed by atoms with Gasteiger partial charge in [-0.05, 0) is 31.6 Å². The average molecular weight is 410 g/mol. The number of rotatable bonds is 6. The van der Waals surface area contributed by atoms with E-state index in [-0.39, 0.29) is 29.9 Å². The van der Waals surface area contributed by atoms with E-state index < -0.39 is 0 Å². The normalized spacial score (nSPS) is 18.6. The summed E-state index contributed by atoms with van der Waals surface area (Å²) in [6, 6.07) is 0. The first-order valence-electron chi connectivity index (χ1n) is 7.80. The zero-order chi connectivity index (χ0) is 15.0. The molecule has 0 aromatic carbocycles. The Balaban J connectivity index is 0.00000400. The first-order chi connectivity index (χ1) is 9.52. The zero-order valence-corrected chi connectivity index (χ0v) is 16.1. The Hall–Kier alpha value is -0.530. The van der Waals surface area contributed by atoms with Gasteiger partial charge in [-0.3, -0.25) is 9.79 Å². The Labute approximate surface area is 146 Å². The Bertz CT molecular complexity index is 334. The standard InChI is InChI=1S/C15H30N4O.HI/c1-5-16-15(18-8-7-17-13(4)20)19-9-6-14(11-19)10-12(2)3;/h12,14H,5-11H2,1-4H3,(H,16,18)(H,17,20);1H. The van der Waals surface area contributed by atoms with E-state index in [0.717, 1.165) is 37.4 Å². The van der Waals surface area contributed by atoms with E-state index >= 15 is 0 Å². The lowest BCUT2D eigenvalue weighted by molar-refractivity contribution is -0.118. The van der Waals surface area contributed by atoms with Crippen molar-refractivity contribution in [2.24, 2.45) is 16.8 Å². The summed E-state index contributed by atoms with van der Waals surface area (Å²) in [7, 11) is 0. The van der Waals surface area contributed by atoms with Crippen LogP contribution in [-0.4, -0.2) is 49.5 Å². The summed E-state index contributed by atoms with van der Waals surface area (Å²) in [6.45, 7) is 12.5. The number of halogens is 1. The van der Waals surface area contributed by atoms with Crippen LogP contribution < -0.4 is 10.6 Å². The van der Waals surface area contributed by atoms with Gasteiger partial charge in [0.1, 0.15) is 0 Å². The van der Waals surface area contributed by atoms with Crippen molar-refractivity contribution in [3.63, 3.8) is 0 Å². The second kappa shape index (κ2) is 11.1. The van der Waals surface area contributed by atoms with Crippen molar-refractivity contribution in [1.29, 1.82) is 0 Å². The molecule has 0 aliphatic carbocycles. The molecule has 0 aromatic rings. The highest BCUT2D eigenvalue weighted by Gasteiger charge is 2.25. The fourth-order valence-electron chi connectivity index (χ4n) is 2.70. The SMILES string of the molecule is CCNC(=NCCNC(C)=O)N1CCC(CC(C)C)C1.I. The fraction of sp³-hybridized carbons (Fsp3) is 0.867. The molecule has 0 aromatic heterocycles. The van der Waals surface area contributed by atoms with Gasteiger partial charge < -0.3 is 15.5 Å². The van der Waals surface area contributed by atoms with Gasteiger partial charge in [0, 0.05) is 33.1 Å². The Morgan fingerprint density at radius 2 is 2.10 bits per heavy atom. The summed E-state index contributed by atoms with van der Waals surface area (Å²) in [5, 5.41) is 6.13. The van der Waals surface area contributed by atoms with Crippen LogP contribution in [0.4, 0.5) is 0 Å². The lowest BCUT2D eigenvalue weighted by atomic mass is 9.97. The molecular weight excluding hydrogens is 379 g/mol. The van der Waals surface area contributed by atoms with Gasteiger partial charge in [0.25, 0.3) is 0 Å². The number of guanidine groups is 1. The molecule has 1 unspecified atom stereocenters. The van der Waals surface area contributed by atoms with Crippen molar-refractivity contribution in [2.75, 3.05) is 32.7 Å². The molecule has 6 heteroatoms. The van der Waals surface area contributed by atoms with Crippen molar-refractivity contribution < 1.29 is 4.79 Å². The van der Waals surface area contributed by atoms with Crippen LogP contribution in [0.25, 0.3) is 0 Å². The predicted octanol–water partition coefficient (Wildman–Crippen LogP) is 2.07. The minimum atomic E-state index is 0. The van der Waals surface area contributed by atoms with Gasteiger partial charge >= 0.3 is 0 Å². The summed E-state index contributed by atoms with van der Waals surface area (Å²) in [5.74, 6) is 2.54. The van der Waals surface area contributed by atoms with Gasteiger partial charge in [0.2, 0.25) is 5.91 Å². The van der Waals surface area contributed by atoms with Gasteiger partial charge in [-0.15, -0.1) is 24.0 Å². The third-order valence-electron chi connectivity index (χ3n) is 3.47. The van der Waals surface area contributed by atoms with E-state index in [0.29, 0.717) is 13.1 Å². The van der Waals surface area contributed by atoms with Gasteiger partial charge in [0.05, 0.1) is 6.54 Å². The van der Waals surface area contributed by atoms with E-state index in [1.54, 1.807) is 0 Å². The van der Waals surface area contributed by atoms with Crippen LogP contribution in [0.5, 0.6) is 0 Å². The van der Waals surface area contributed by atoms with Crippen LogP contribution >= 0.6 is 24.0 Å². The Morgan fingerprint density at radius 1 is 1.38 bits per heavy atom. The van der Waals surface area contributed by atoms with Gasteiger partial charge in [-0.25, -0.2) is 0 Å². The summed E-state index contributed by atoms with van der Waals surface area (Å²) in [5.41, 5.74) is 0. The maximum Gasteiger partial charge on any atom is 0.216 e. The zero-order valence-electron chi connectivity index (χ0n) is 13.8. The molecule has 1 amide bonds. The van der Waals surface area contributed by atoms with Crippen LogP contribution in [0.1, 0.15) is 40.5 Å². The molecule has 2 N–H and O–H groups in total. The molecule has 0 bridgehead atoms. The molecule has 0 radical (unpaired) electrons. The van der Waals surface area contributed by atoms with Crippen molar-refractivity contribution in [3.05, 3.63) is 0 Å². The van der Waals surface area contributed by atoms with Crippen molar-refractivity contribution >= 4 is 35.8 Å². The first-order valence-corrected chi connectivity index (χ1v) is 7.80. The molecule has 1 fully saturated rings. The van der Waals surface area contributed by atoms with Gasteiger partial charge in [0.15, 0.2) is 5.96 Å². The summed E-state index contributed by atoms with van der Waals surface area (Å²) >= 11 is 0. The third kappa shape index (κ3) is 8.48. The number of carbonyl (C=O) groups is 1.